The van der Waals surface area contributed by atoms with Crippen LogP contribution in [0.4, 0.5) is 23.0 Å². The van der Waals surface area contributed by atoms with Crippen molar-refractivity contribution in [3.63, 3.8) is 0 Å². The quantitative estimate of drug-likeness (QED) is 0.442. The van der Waals surface area contributed by atoms with Gasteiger partial charge in [-0.2, -0.15) is 0 Å². The average Bonchev–Trinajstić information content (AvgIpc) is 3.83. The first-order valence-corrected chi connectivity index (χ1v) is 14.2. The Bertz CT molecular complexity index is 1080. The number of nitrogens with one attached hydrogen (secondary N) is 2. The second-order valence-corrected chi connectivity index (χ2v) is 12.6. The molecule has 4 aliphatic rings. The van der Waals surface area contributed by atoms with Crippen molar-refractivity contribution in [3.05, 3.63) is 42.0 Å². The third kappa shape index (κ3) is 5.25. The van der Waals surface area contributed by atoms with Crippen LogP contribution in [0.2, 0.25) is 0 Å². The van der Waals surface area contributed by atoms with Crippen LogP contribution in [0.3, 0.4) is 0 Å². The van der Waals surface area contributed by atoms with Gasteiger partial charge in [-0.1, -0.05) is 6.07 Å². The van der Waals surface area contributed by atoms with Gasteiger partial charge in [-0.15, -0.1) is 0 Å². The zero-order valence-corrected chi connectivity index (χ0v) is 21.6. The molecule has 4 fully saturated rings. The molecule has 2 aliphatic heterocycles. The smallest absolute Gasteiger partial charge is 0.258 e. The van der Waals surface area contributed by atoms with Crippen LogP contribution < -0.4 is 19.8 Å². The molecular weight excluding hydrogens is 454 g/mol. The summed E-state index contributed by atoms with van der Waals surface area (Å²) in [6.07, 6.45) is 11.4. The molecule has 6 nitrogen and oxygen atoms in total. The van der Waals surface area contributed by atoms with E-state index in [1.54, 1.807) is 0 Å². The maximum atomic E-state index is 13.5. The van der Waals surface area contributed by atoms with E-state index < -0.39 is 0 Å². The number of hydrogen-bond donors (Lipinski definition) is 2. The monoisotopic (exact) mass is 491 g/mol. The molecule has 3 heterocycles. The first-order chi connectivity index (χ1) is 17.0. The fraction of sp³-hybridized carbons (Fsp3) is 0.571. The largest absolute Gasteiger partial charge is 0.371 e. The summed E-state index contributed by atoms with van der Waals surface area (Å²) < 4.78 is 3.91. The molecule has 1 amide bonds. The van der Waals surface area contributed by atoms with E-state index >= 15 is 0 Å². The Morgan fingerprint density at radius 1 is 0.914 bits per heavy atom. The van der Waals surface area contributed by atoms with Crippen LogP contribution in [0, 0.1) is 5.41 Å². The minimum Gasteiger partial charge on any atom is -0.371 e. The van der Waals surface area contributed by atoms with Crippen molar-refractivity contribution in [2.24, 2.45) is 5.41 Å². The molecule has 6 rings (SSSR count). The van der Waals surface area contributed by atoms with Crippen molar-refractivity contribution < 1.29 is 4.79 Å². The maximum Gasteiger partial charge on any atom is 0.258 e. The molecule has 0 atom stereocenters. The Kier molecular flexibility index (Phi) is 6.07. The third-order valence-electron chi connectivity index (χ3n) is 8.39. The van der Waals surface area contributed by atoms with Crippen LogP contribution >= 0.6 is 11.9 Å². The van der Waals surface area contributed by atoms with Gasteiger partial charge in [0.2, 0.25) is 0 Å². The summed E-state index contributed by atoms with van der Waals surface area (Å²) in [6, 6.07) is 12.1. The number of piperidine rings is 2. The van der Waals surface area contributed by atoms with Crippen LogP contribution in [0.1, 0.15) is 75.1 Å². The molecule has 1 aromatic carbocycles. The Hall–Kier alpha value is -2.41. The predicted octanol–water partition coefficient (Wildman–Crippen LogP) is 6.32. The lowest BCUT2D eigenvalue weighted by Crippen LogP contribution is -2.35. The molecule has 0 unspecified atom stereocenters. The molecule has 0 bridgehead atoms. The number of aromatic nitrogens is 1. The summed E-state index contributed by atoms with van der Waals surface area (Å²) in [5.41, 5.74) is 3.45. The molecular formula is C28H37N5OS. The summed E-state index contributed by atoms with van der Waals surface area (Å²) in [5.74, 6) is 1.50. The van der Waals surface area contributed by atoms with Gasteiger partial charge in [0.1, 0.15) is 11.6 Å². The van der Waals surface area contributed by atoms with Crippen LogP contribution in [0.15, 0.2) is 36.4 Å². The van der Waals surface area contributed by atoms with Gasteiger partial charge in [-0.25, -0.2) is 4.98 Å². The van der Waals surface area contributed by atoms with E-state index in [4.69, 9.17) is 4.98 Å². The number of amides is 1. The van der Waals surface area contributed by atoms with Gasteiger partial charge < -0.3 is 19.8 Å². The minimum atomic E-state index is -0.0802. The molecule has 2 saturated heterocycles. The maximum absolute atomic E-state index is 13.5. The second-order valence-electron chi connectivity index (χ2n) is 11.3. The number of carbonyl (C=O) groups excluding carboxylic acids is 1. The fourth-order valence-corrected chi connectivity index (χ4v) is 6.18. The molecule has 35 heavy (non-hydrogen) atoms. The molecule has 2 saturated carbocycles. The second kappa shape index (κ2) is 9.23. The number of nitrogens with zero attached hydrogens (tertiary/aromatic N) is 3. The van der Waals surface area contributed by atoms with Crippen molar-refractivity contribution in [2.45, 2.75) is 69.5 Å². The van der Waals surface area contributed by atoms with Crippen LogP contribution in [-0.2, 0) is 0 Å². The topological polar surface area (TPSA) is 60.5 Å². The summed E-state index contributed by atoms with van der Waals surface area (Å²) in [4.78, 5) is 23.0. The highest BCUT2D eigenvalue weighted by Crippen LogP contribution is 2.54. The number of carbonyl (C=O) groups is 1. The lowest BCUT2D eigenvalue weighted by Gasteiger charge is -2.35. The zero-order valence-electron chi connectivity index (χ0n) is 20.8. The number of pyridine rings is 1. The van der Waals surface area contributed by atoms with Crippen LogP contribution in [0.25, 0.3) is 0 Å². The number of anilines is 4. The summed E-state index contributed by atoms with van der Waals surface area (Å²) >= 11 is 1.81. The van der Waals surface area contributed by atoms with Gasteiger partial charge in [0.15, 0.2) is 0 Å². The summed E-state index contributed by atoms with van der Waals surface area (Å²) in [6.45, 7) is 6.43. The average molecular weight is 492 g/mol. The molecule has 2 aromatic rings. The highest BCUT2D eigenvalue weighted by atomic mass is 32.2. The molecule has 1 aromatic heterocycles. The lowest BCUT2D eigenvalue weighted by atomic mass is 9.93. The Labute approximate surface area is 213 Å². The van der Waals surface area contributed by atoms with Crippen LogP contribution in [0.5, 0.6) is 0 Å². The van der Waals surface area contributed by atoms with Gasteiger partial charge >= 0.3 is 0 Å². The molecule has 0 radical (unpaired) electrons. The van der Waals surface area contributed by atoms with E-state index in [2.05, 4.69) is 32.8 Å². The lowest BCUT2D eigenvalue weighted by molar-refractivity contribution is 0.102. The van der Waals surface area contributed by atoms with Gasteiger partial charge in [-0.05, 0) is 112 Å². The molecule has 2 N–H and O–H groups in total. The molecule has 7 heteroatoms. The first kappa shape index (κ1) is 23.0. The normalized spacial score (nSPS) is 22.1. The van der Waals surface area contributed by atoms with Crippen molar-refractivity contribution in [3.8, 4) is 0 Å². The summed E-state index contributed by atoms with van der Waals surface area (Å²) in [7, 11) is 0. The van der Waals surface area contributed by atoms with Crippen LogP contribution in [-0.4, -0.2) is 41.8 Å². The standard InChI is InChI=1S/C28H37N5OS/c1-27(10-11-27)35-31-21-8-9-22(23(20-21)32-18-14-28(12-13-28)15-19-32)26(34)30-24-6-5-7-25(29-24)33-16-3-2-4-17-33/h5-9,20,31H,2-4,10-19H2,1H3,(H,29,30,34). The Morgan fingerprint density at radius 2 is 1.69 bits per heavy atom. The molecule has 186 valence electrons. The van der Waals surface area contributed by atoms with Gasteiger partial charge in [0.05, 0.1) is 11.3 Å². The SMILES string of the molecule is CC1(SNc2ccc(C(=O)Nc3cccc(N4CCCCC4)n3)c(N3CCC4(CC3)CC4)c2)CC1. The third-order valence-corrected chi connectivity index (χ3v) is 9.63. The van der Waals surface area contributed by atoms with E-state index in [1.807, 2.05) is 42.3 Å². The number of hydrogen-bond acceptors (Lipinski definition) is 6. The number of rotatable bonds is 7. The molecule has 1 spiro atoms. The van der Waals surface area contributed by atoms with Crippen molar-refractivity contribution in [1.29, 1.82) is 0 Å². The highest BCUT2D eigenvalue weighted by Gasteiger charge is 2.44. The van der Waals surface area contributed by atoms with E-state index in [-0.39, 0.29) is 5.91 Å². The van der Waals surface area contributed by atoms with Crippen molar-refractivity contribution >= 4 is 40.9 Å². The zero-order chi connectivity index (χ0) is 23.9. The first-order valence-electron chi connectivity index (χ1n) is 13.4. The van der Waals surface area contributed by atoms with E-state index in [0.29, 0.717) is 16.0 Å². The van der Waals surface area contributed by atoms with Gasteiger partial charge in [-0.3, -0.25) is 4.79 Å². The van der Waals surface area contributed by atoms with E-state index in [9.17, 15) is 4.79 Å². The predicted molar refractivity (Wildman–Crippen MR) is 147 cm³/mol. The van der Waals surface area contributed by atoms with Crippen molar-refractivity contribution in [2.75, 3.05) is 46.0 Å². The van der Waals surface area contributed by atoms with Crippen molar-refractivity contribution in [1.82, 2.24) is 4.98 Å². The van der Waals surface area contributed by atoms with E-state index in [0.717, 1.165) is 48.9 Å². The summed E-state index contributed by atoms with van der Waals surface area (Å²) in [5, 5.41) is 3.10. The Balaban J connectivity index is 1.21. The number of benzene rings is 1. The Morgan fingerprint density at radius 3 is 2.40 bits per heavy atom. The fourth-order valence-electron chi connectivity index (χ4n) is 5.38. The molecule has 2 aliphatic carbocycles. The van der Waals surface area contributed by atoms with Gasteiger partial charge in [0.25, 0.3) is 5.91 Å². The van der Waals surface area contributed by atoms with E-state index in [1.165, 1.54) is 57.8 Å². The highest BCUT2D eigenvalue weighted by molar-refractivity contribution is 8.02. The van der Waals surface area contributed by atoms with Gasteiger partial charge in [0, 0.05) is 36.6 Å². The minimum absolute atomic E-state index is 0.0802.